The quantitative estimate of drug-likeness (QED) is 0.805. The molecule has 2 rings (SSSR count). The van der Waals surface area contributed by atoms with Crippen LogP contribution in [-0.2, 0) is 4.79 Å². The Hall–Kier alpha value is -1.26. The van der Waals surface area contributed by atoms with Gasteiger partial charge in [0.1, 0.15) is 6.04 Å². The highest BCUT2D eigenvalue weighted by molar-refractivity contribution is 5.83. The van der Waals surface area contributed by atoms with E-state index in [2.05, 4.69) is 12.2 Å². The molecule has 1 saturated heterocycles. The van der Waals surface area contributed by atoms with Crippen LogP contribution in [0.5, 0.6) is 0 Å². The van der Waals surface area contributed by atoms with Crippen LogP contribution in [0.3, 0.4) is 0 Å². The summed E-state index contributed by atoms with van der Waals surface area (Å²) in [7, 11) is 0. The first-order chi connectivity index (χ1) is 8.97. The second kappa shape index (κ2) is 5.80. The number of carbonyl (C=O) groups excluding carboxylic acids is 1. The molecule has 4 atom stereocenters. The maximum Gasteiger partial charge on any atom is 0.326 e. The van der Waals surface area contributed by atoms with Crippen molar-refractivity contribution in [2.75, 3.05) is 6.54 Å². The van der Waals surface area contributed by atoms with Crippen LogP contribution in [0.1, 0.15) is 46.0 Å². The third-order valence-corrected chi connectivity index (χ3v) is 4.43. The lowest BCUT2D eigenvalue weighted by atomic mass is 9.93. The van der Waals surface area contributed by atoms with Gasteiger partial charge in [-0.05, 0) is 43.9 Å². The Balaban J connectivity index is 1.94. The molecule has 0 aromatic carbocycles. The van der Waals surface area contributed by atoms with Crippen LogP contribution in [0.25, 0.3) is 0 Å². The molecule has 1 heterocycles. The van der Waals surface area contributed by atoms with Gasteiger partial charge in [0.15, 0.2) is 0 Å². The average Bonchev–Trinajstić information content (AvgIpc) is 2.74. The number of hydrogen-bond donors (Lipinski definition) is 2. The highest BCUT2D eigenvalue weighted by atomic mass is 16.4. The summed E-state index contributed by atoms with van der Waals surface area (Å²) >= 11 is 0. The standard InChI is InChI=1S/C14H24N2O3/c1-9-3-4-11(7-9)15-14(19)16-6-5-10(2)8-12(16)13(17)18/h9-12H,3-8H2,1-2H3,(H,15,19)(H,17,18). The largest absolute Gasteiger partial charge is 0.480 e. The van der Waals surface area contributed by atoms with Gasteiger partial charge in [-0.1, -0.05) is 13.8 Å². The fraction of sp³-hybridized carbons (Fsp3) is 0.857. The van der Waals surface area contributed by atoms with Gasteiger partial charge in [-0.3, -0.25) is 0 Å². The van der Waals surface area contributed by atoms with Crippen LogP contribution in [0.2, 0.25) is 0 Å². The SMILES string of the molecule is CC1CCC(NC(=O)N2CCC(C)CC2C(=O)O)C1. The summed E-state index contributed by atoms with van der Waals surface area (Å²) in [4.78, 5) is 25.0. The van der Waals surface area contributed by atoms with Crippen molar-refractivity contribution < 1.29 is 14.7 Å². The molecule has 0 spiro atoms. The van der Waals surface area contributed by atoms with E-state index in [0.29, 0.717) is 24.8 Å². The van der Waals surface area contributed by atoms with E-state index in [1.165, 1.54) is 4.90 Å². The van der Waals surface area contributed by atoms with E-state index >= 15 is 0 Å². The van der Waals surface area contributed by atoms with E-state index in [1.54, 1.807) is 0 Å². The highest BCUT2D eigenvalue weighted by Gasteiger charge is 2.36. The van der Waals surface area contributed by atoms with E-state index in [0.717, 1.165) is 25.7 Å². The molecule has 108 valence electrons. The third kappa shape index (κ3) is 3.39. The molecule has 5 heteroatoms. The van der Waals surface area contributed by atoms with Gasteiger partial charge < -0.3 is 15.3 Å². The fourth-order valence-electron chi connectivity index (χ4n) is 3.21. The molecule has 1 aliphatic heterocycles. The first-order valence-corrected chi connectivity index (χ1v) is 7.27. The lowest BCUT2D eigenvalue weighted by Gasteiger charge is -2.36. The lowest BCUT2D eigenvalue weighted by molar-refractivity contribution is -0.143. The number of piperidine rings is 1. The van der Waals surface area contributed by atoms with Crippen LogP contribution < -0.4 is 5.32 Å². The smallest absolute Gasteiger partial charge is 0.326 e. The third-order valence-electron chi connectivity index (χ3n) is 4.43. The van der Waals surface area contributed by atoms with Crippen molar-refractivity contribution in [2.45, 2.75) is 58.0 Å². The first kappa shape index (κ1) is 14.2. The number of amides is 2. The monoisotopic (exact) mass is 268 g/mol. The Kier molecular flexibility index (Phi) is 4.32. The van der Waals surface area contributed by atoms with Gasteiger partial charge in [0.25, 0.3) is 0 Å². The summed E-state index contributed by atoms with van der Waals surface area (Å²) < 4.78 is 0. The maximum atomic E-state index is 12.2. The van der Waals surface area contributed by atoms with E-state index in [-0.39, 0.29) is 12.1 Å². The van der Waals surface area contributed by atoms with E-state index < -0.39 is 12.0 Å². The van der Waals surface area contributed by atoms with Crippen molar-refractivity contribution in [1.82, 2.24) is 10.2 Å². The molecule has 1 saturated carbocycles. The predicted octanol–water partition coefficient (Wildman–Crippen LogP) is 2.07. The average molecular weight is 268 g/mol. The number of hydrogen-bond acceptors (Lipinski definition) is 2. The predicted molar refractivity (Wildman–Crippen MR) is 71.9 cm³/mol. The van der Waals surface area contributed by atoms with Crippen molar-refractivity contribution >= 4 is 12.0 Å². The minimum Gasteiger partial charge on any atom is -0.480 e. The summed E-state index contributed by atoms with van der Waals surface area (Å²) in [5.74, 6) is 0.139. The van der Waals surface area contributed by atoms with Crippen LogP contribution in [0.4, 0.5) is 4.79 Å². The number of likely N-dealkylation sites (tertiary alicyclic amines) is 1. The number of nitrogens with one attached hydrogen (secondary N) is 1. The zero-order valence-corrected chi connectivity index (χ0v) is 11.8. The fourth-order valence-corrected chi connectivity index (χ4v) is 3.21. The number of urea groups is 1. The second-order valence-electron chi connectivity index (χ2n) is 6.24. The maximum absolute atomic E-state index is 12.2. The van der Waals surface area contributed by atoms with Crippen molar-refractivity contribution in [3.8, 4) is 0 Å². The molecule has 0 aromatic rings. The Morgan fingerprint density at radius 3 is 2.37 bits per heavy atom. The van der Waals surface area contributed by atoms with Crippen LogP contribution in [0, 0.1) is 11.8 Å². The molecule has 2 amide bonds. The molecular formula is C14H24N2O3. The summed E-state index contributed by atoms with van der Waals surface area (Å²) in [6.45, 7) is 4.78. The second-order valence-corrected chi connectivity index (χ2v) is 6.24. The number of carboxylic acids is 1. The molecule has 0 radical (unpaired) electrons. The van der Waals surface area contributed by atoms with Gasteiger partial charge in [0.2, 0.25) is 0 Å². The Morgan fingerprint density at radius 1 is 1.11 bits per heavy atom. The summed E-state index contributed by atoms with van der Waals surface area (Å²) in [6, 6.07) is -0.641. The molecule has 19 heavy (non-hydrogen) atoms. The van der Waals surface area contributed by atoms with Gasteiger partial charge in [0, 0.05) is 12.6 Å². The van der Waals surface area contributed by atoms with Crippen LogP contribution in [0.15, 0.2) is 0 Å². The van der Waals surface area contributed by atoms with Gasteiger partial charge in [-0.15, -0.1) is 0 Å². The molecule has 0 aromatic heterocycles. The van der Waals surface area contributed by atoms with Gasteiger partial charge in [-0.2, -0.15) is 0 Å². The van der Waals surface area contributed by atoms with E-state index in [1.807, 2.05) is 6.92 Å². The van der Waals surface area contributed by atoms with Crippen molar-refractivity contribution in [1.29, 1.82) is 0 Å². The number of carboxylic acid groups (broad SMARTS) is 1. The Morgan fingerprint density at radius 2 is 1.79 bits per heavy atom. The number of nitrogens with zero attached hydrogens (tertiary/aromatic N) is 1. The minimum absolute atomic E-state index is 0.196. The number of carbonyl (C=O) groups is 2. The molecule has 2 fully saturated rings. The molecule has 5 nitrogen and oxygen atoms in total. The summed E-state index contributed by atoms with van der Waals surface area (Å²) in [5.41, 5.74) is 0. The summed E-state index contributed by atoms with van der Waals surface area (Å²) in [6.07, 6.45) is 4.61. The lowest BCUT2D eigenvalue weighted by Crippen LogP contribution is -2.54. The topological polar surface area (TPSA) is 69.6 Å². The van der Waals surface area contributed by atoms with Gasteiger partial charge in [0.05, 0.1) is 0 Å². The molecule has 2 aliphatic rings. The Bertz CT molecular complexity index is 359. The molecule has 0 bridgehead atoms. The molecule has 1 aliphatic carbocycles. The minimum atomic E-state index is -0.888. The summed E-state index contributed by atoms with van der Waals surface area (Å²) in [5, 5.41) is 12.3. The number of aliphatic carboxylic acids is 1. The van der Waals surface area contributed by atoms with Crippen molar-refractivity contribution in [3.63, 3.8) is 0 Å². The molecular weight excluding hydrogens is 244 g/mol. The van der Waals surface area contributed by atoms with Gasteiger partial charge in [-0.25, -0.2) is 9.59 Å². The van der Waals surface area contributed by atoms with Crippen molar-refractivity contribution in [3.05, 3.63) is 0 Å². The van der Waals surface area contributed by atoms with Crippen LogP contribution >= 0.6 is 0 Å². The zero-order chi connectivity index (χ0) is 14.0. The zero-order valence-electron chi connectivity index (χ0n) is 11.8. The molecule has 2 N–H and O–H groups in total. The van der Waals surface area contributed by atoms with Crippen molar-refractivity contribution in [2.24, 2.45) is 11.8 Å². The van der Waals surface area contributed by atoms with E-state index in [9.17, 15) is 14.7 Å². The molecule has 4 unspecified atom stereocenters. The van der Waals surface area contributed by atoms with E-state index in [4.69, 9.17) is 0 Å². The Labute approximate surface area is 114 Å². The van der Waals surface area contributed by atoms with Gasteiger partial charge >= 0.3 is 12.0 Å². The highest BCUT2D eigenvalue weighted by Crippen LogP contribution is 2.26. The number of rotatable bonds is 2. The normalized spacial score (nSPS) is 35.2. The first-order valence-electron chi connectivity index (χ1n) is 7.27. The van der Waals surface area contributed by atoms with Crippen LogP contribution in [-0.4, -0.2) is 40.6 Å².